The van der Waals surface area contributed by atoms with E-state index < -0.39 is 10.8 Å². The zero-order valence-corrected chi connectivity index (χ0v) is 19.8. The maximum atomic E-state index is 12.7. The number of hydrogen-bond acceptors (Lipinski definition) is 5. The van der Waals surface area contributed by atoms with Crippen molar-refractivity contribution in [3.05, 3.63) is 70.6 Å². The van der Waals surface area contributed by atoms with E-state index in [1.807, 2.05) is 62.4 Å². The quantitative estimate of drug-likeness (QED) is 0.538. The van der Waals surface area contributed by atoms with Crippen LogP contribution in [0.2, 0.25) is 5.02 Å². The molecule has 0 unspecified atom stereocenters. The molecule has 1 aliphatic heterocycles. The number of benzene rings is 2. The molecule has 0 bridgehead atoms. The minimum absolute atomic E-state index is 0.0106. The number of anilines is 1. The van der Waals surface area contributed by atoms with Gasteiger partial charge in [0.05, 0.1) is 11.4 Å². The number of aromatic nitrogens is 1. The highest BCUT2D eigenvalue weighted by Gasteiger charge is 2.23. The highest BCUT2D eigenvalue weighted by molar-refractivity contribution is 7.84. The Balaban J connectivity index is 1.31. The van der Waals surface area contributed by atoms with Crippen molar-refractivity contribution in [3.8, 4) is 11.5 Å². The maximum Gasteiger partial charge on any atom is 0.235 e. The van der Waals surface area contributed by atoms with Gasteiger partial charge >= 0.3 is 0 Å². The second-order valence-electron chi connectivity index (χ2n) is 7.96. The fourth-order valence-electron chi connectivity index (χ4n) is 3.70. The van der Waals surface area contributed by atoms with Crippen LogP contribution in [0.4, 0.5) is 5.69 Å². The number of piperazine rings is 1. The third-order valence-electron chi connectivity index (χ3n) is 5.58. The molecular weight excluding hydrogens is 446 g/mol. The Hall–Kier alpha value is -2.64. The second kappa shape index (κ2) is 9.88. The maximum absolute atomic E-state index is 12.7. The van der Waals surface area contributed by atoms with E-state index in [4.69, 9.17) is 16.0 Å². The molecule has 0 N–H and O–H groups in total. The van der Waals surface area contributed by atoms with Gasteiger partial charge in [0, 0.05) is 53.3 Å². The monoisotopic (exact) mass is 471 g/mol. The van der Waals surface area contributed by atoms with Gasteiger partial charge in [0.2, 0.25) is 11.8 Å². The molecule has 2 heterocycles. The molecule has 0 radical (unpaired) electrons. The van der Waals surface area contributed by atoms with Crippen LogP contribution in [0.25, 0.3) is 11.5 Å². The van der Waals surface area contributed by atoms with Gasteiger partial charge in [-0.2, -0.15) is 0 Å². The fourth-order valence-corrected chi connectivity index (χ4v) is 5.02. The summed E-state index contributed by atoms with van der Waals surface area (Å²) in [5, 5.41) is 0.699. The average Bonchev–Trinajstić information content (AvgIpc) is 3.14. The lowest BCUT2D eigenvalue weighted by atomic mass is 10.1. The van der Waals surface area contributed by atoms with Crippen molar-refractivity contribution in [1.82, 2.24) is 9.88 Å². The Morgan fingerprint density at radius 1 is 1.09 bits per heavy atom. The molecule has 2 aromatic carbocycles. The number of carbonyl (C=O) groups is 1. The Morgan fingerprint density at radius 2 is 1.81 bits per heavy atom. The molecule has 6 nitrogen and oxygen atoms in total. The number of halogens is 1. The molecule has 0 saturated carbocycles. The third kappa shape index (κ3) is 5.40. The summed E-state index contributed by atoms with van der Waals surface area (Å²) in [6, 6.07) is 15.6. The van der Waals surface area contributed by atoms with Gasteiger partial charge in [0.1, 0.15) is 11.5 Å². The Kier molecular flexibility index (Phi) is 6.96. The predicted octanol–water partition coefficient (Wildman–Crippen LogP) is 4.21. The van der Waals surface area contributed by atoms with Crippen LogP contribution < -0.4 is 4.90 Å². The van der Waals surface area contributed by atoms with Crippen LogP contribution in [0, 0.1) is 13.8 Å². The van der Waals surface area contributed by atoms with E-state index in [9.17, 15) is 9.00 Å². The van der Waals surface area contributed by atoms with Crippen molar-refractivity contribution in [2.45, 2.75) is 19.6 Å². The van der Waals surface area contributed by atoms with E-state index in [2.05, 4.69) is 9.88 Å². The fraction of sp³-hybridized carbons (Fsp3) is 0.333. The molecule has 168 valence electrons. The molecule has 3 aromatic rings. The number of aryl methyl sites for hydroxylation is 2. The summed E-state index contributed by atoms with van der Waals surface area (Å²) in [6.07, 6.45) is 0. The smallest absolute Gasteiger partial charge is 0.235 e. The lowest BCUT2D eigenvalue weighted by Gasteiger charge is -2.36. The topological polar surface area (TPSA) is 66.7 Å². The van der Waals surface area contributed by atoms with Gasteiger partial charge in [-0.25, -0.2) is 4.98 Å². The molecule has 4 rings (SSSR count). The number of amides is 1. The first-order chi connectivity index (χ1) is 15.4. The van der Waals surface area contributed by atoms with E-state index >= 15 is 0 Å². The highest BCUT2D eigenvalue weighted by atomic mass is 35.5. The number of nitrogens with zero attached hydrogens (tertiary/aromatic N) is 3. The summed E-state index contributed by atoms with van der Waals surface area (Å²) in [6.45, 7) is 6.48. The normalized spacial score (nSPS) is 15.1. The molecule has 1 amide bonds. The summed E-state index contributed by atoms with van der Waals surface area (Å²) < 4.78 is 18.5. The molecule has 0 spiro atoms. The molecule has 32 heavy (non-hydrogen) atoms. The first-order valence-electron chi connectivity index (χ1n) is 10.6. The summed E-state index contributed by atoms with van der Waals surface area (Å²) in [7, 11) is -1.35. The van der Waals surface area contributed by atoms with Gasteiger partial charge in [-0.3, -0.25) is 9.00 Å². The lowest BCUT2D eigenvalue weighted by Crippen LogP contribution is -2.50. The van der Waals surface area contributed by atoms with E-state index in [1.165, 1.54) is 0 Å². The van der Waals surface area contributed by atoms with Gasteiger partial charge in [0.25, 0.3) is 0 Å². The molecular formula is C24H26ClN3O3S. The Labute approximate surface area is 195 Å². The van der Waals surface area contributed by atoms with Crippen LogP contribution in [0.3, 0.4) is 0 Å². The number of rotatable bonds is 6. The first-order valence-corrected chi connectivity index (χ1v) is 12.4. The predicted molar refractivity (Wildman–Crippen MR) is 128 cm³/mol. The molecule has 1 aromatic heterocycles. The van der Waals surface area contributed by atoms with Gasteiger partial charge in [-0.05, 0) is 44.2 Å². The largest absolute Gasteiger partial charge is 0.441 e. The number of carbonyl (C=O) groups excluding carboxylic acids is 1. The van der Waals surface area contributed by atoms with Crippen molar-refractivity contribution in [2.75, 3.05) is 36.8 Å². The summed E-state index contributed by atoms with van der Waals surface area (Å²) >= 11 is 6.08. The van der Waals surface area contributed by atoms with Crippen molar-refractivity contribution in [2.24, 2.45) is 0 Å². The molecule has 1 atom stereocenters. The van der Waals surface area contributed by atoms with Crippen molar-refractivity contribution >= 4 is 34.0 Å². The van der Waals surface area contributed by atoms with Crippen LogP contribution in [0.15, 0.2) is 52.9 Å². The SMILES string of the molecule is Cc1ccc(-c2nc(C[S@@](=O)CC(=O)N3CCN(c4cccc(Cl)c4)CC3)c(C)o2)cc1. The summed E-state index contributed by atoms with van der Waals surface area (Å²) in [5.74, 6) is 1.25. The minimum Gasteiger partial charge on any atom is -0.441 e. The third-order valence-corrected chi connectivity index (χ3v) is 6.98. The lowest BCUT2D eigenvalue weighted by molar-refractivity contribution is -0.128. The summed E-state index contributed by atoms with van der Waals surface area (Å²) in [4.78, 5) is 21.2. The zero-order chi connectivity index (χ0) is 22.7. The molecule has 0 aliphatic carbocycles. The molecule has 8 heteroatoms. The molecule has 1 fully saturated rings. The molecule has 1 saturated heterocycles. The molecule has 1 aliphatic rings. The number of hydrogen-bond donors (Lipinski definition) is 0. The van der Waals surface area contributed by atoms with E-state index in [0.29, 0.717) is 35.5 Å². The highest BCUT2D eigenvalue weighted by Crippen LogP contribution is 2.23. The van der Waals surface area contributed by atoms with Crippen molar-refractivity contribution in [3.63, 3.8) is 0 Å². The van der Waals surface area contributed by atoms with Gasteiger partial charge in [-0.15, -0.1) is 0 Å². The van der Waals surface area contributed by atoms with Crippen LogP contribution in [0.1, 0.15) is 17.0 Å². The van der Waals surface area contributed by atoms with E-state index in [0.717, 1.165) is 29.9 Å². The van der Waals surface area contributed by atoms with Crippen LogP contribution in [0.5, 0.6) is 0 Å². The van der Waals surface area contributed by atoms with E-state index in [-0.39, 0.29) is 17.4 Å². The standard InChI is InChI=1S/C24H26ClN3O3S/c1-17-6-8-19(9-7-17)24-26-22(18(2)31-24)15-32(30)16-23(29)28-12-10-27(11-13-28)21-5-3-4-20(25)14-21/h3-9,14H,10-13,15-16H2,1-2H3/t32-/m1/s1. The van der Waals surface area contributed by atoms with Gasteiger partial charge in [-0.1, -0.05) is 35.4 Å². The minimum atomic E-state index is -1.35. The van der Waals surface area contributed by atoms with Crippen LogP contribution >= 0.6 is 11.6 Å². The van der Waals surface area contributed by atoms with E-state index in [1.54, 1.807) is 4.90 Å². The van der Waals surface area contributed by atoms with Crippen molar-refractivity contribution < 1.29 is 13.4 Å². The number of oxazole rings is 1. The second-order valence-corrected chi connectivity index (χ2v) is 9.86. The Morgan fingerprint density at radius 3 is 2.50 bits per heavy atom. The summed E-state index contributed by atoms with van der Waals surface area (Å²) in [5.41, 5.74) is 3.73. The zero-order valence-electron chi connectivity index (χ0n) is 18.2. The first kappa shape index (κ1) is 22.6. The Bertz CT molecular complexity index is 1120. The average molecular weight is 472 g/mol. The van der Waals surface area contributed by atoms with Crippen molar-refractivity contribution in [1.29, 1.82) is 0 Å². The van der Waals surface area contributed by atoms with Crippen LogP contribution in [-0.4, -0.2) is 51.9 Å². The van der Waals surface area contributed by atoms with Gasteiger partial charge in [0.15, 0.2) is 0 Å². The van der Waals surface area contributed by atoms with Gasteiger partial charge < -0.3 is 14.2 Å². The van der Waals surface area contributed by atoms with Crippen LogP contribution in [-0.2, 0) is 21.3 Å².